The molecular weight excluding hydrogens is 260 g/mol. The van der Waals surface area contributed by atoms with Gasteiger partial charge in [0.1, 0.15) is 5.75 Å². The molecule has 0 bridgehead atoms. The second-order valence-electron chi connectivity index (χ2n) is 4.59. The van der Waals surface area contributed by atoms with E-state index in [2.05, 4.69) is 30.1 Å². The van der Waals surface area contributed by atoms with Crippen molar-refractivity contribution in [3.05, 3.63) is 60.3 Å². The molecule has 0 saturated carbocycles. The summed E-state index contributed by atoms with van der Waals surface area (Å²) in [6.07, 6.45) is 7.96. The average molecular weight is 278 g/mol. The molecule has 0 aliphatic heterocycles. The Kier molecular flexibility index (Phi) is 5.54. The van der Waals surface area contributed by atoms with Crippen LogP contribution in [0.1, 0.15) is 25.3 Å². The zero-order chi connectivity index (χ0) is 14.9. The van der Waals surface area contributed by atoms with Crippen molar-refractivity contribution in [2.75, 3.05) is 6.61 Å². The van der Waals surface area contributed by atoms with E-state index < -0.39 is 0 Å². The molecule has 2 aromatic rings. The summed E-state index contributed by atoms with van der Waals surface area (Å²) in [4.78, 5) is 4.39. The Morgan fingerprint density at radius 1 is 1.14 bits per heavy atom. The summed E-state index contributed by atoms with van der Waals surface area (Å²) in [5, 5.41) is 8.78. The first-order valence-electron chi connectivity index (χ1n) is 7.08. The topological polar surface area (TPSA) is 45.9 Å². The lowest BCUT2D eigenvalue weighted by molar-refractivity contribution is 0.323. The summed E-state index contributed by atoms with van der Waals surface area (Å²) in [5.74, 6) is 0.775. The highest BCUT2D eigenvalue weighted by molar-refractivity contribution is 5.60. The lowest BCUT2D eigenvalue weighted by Crippen LogP contribution is -1.96. The van der Waals surface area contributed by atoms with Gasteiger partial charge < -0.3 is 4.74 Å². The Bertz CT molecular complexity index is 622. The minimum absolute atomic E-state index is 0.652. The molecule has 0 fully saturated rings. The van der Waals surface area contributed by atoms with Crippen LogP contribution >= 0.6 is 0 Å². The summed E-state index contributed by atoms with van der Waals surface area (Å²) < 4.78 is 5.62. The zero-order valence-electron chi connectivity index (χ0n) is 12.1. The van der Waals surface area contributed by atoms with E-state index in [4.69, 9.17) is 10.00 Å². The number of hydrogen-bond donors (Lipinski definition) is 0. The highest BCUT2D eigenvalue weighted by atomic mass is 16.5. The van der Waals surface area contributed by atoms with Crippen LogP contribution in [-0.2, 0) is 0 Å². The number of hydrogen-bond acceptors (Lipinski definition) is 3. The van der Waals surface area contributed by atoms with Crippen LogP contribution in [0.5, 0.6) is 5.75 Å². The van der Waals surface area contributed by atoms with E-state index in [9.17, 15) is 0 Å². The van der Waals surface area contributed by atoms with Crippen LogP contribution in [0, 0.1) is 11.3 Å². The molecule has 0 radical (unpaired) electrons. The summed E-state index contributed by atoms with van der Waals surface area (Å²) in [6, 6.07) is 13.3. The molecule has 0 aliphatic carbocycles. The van der Waals surface area contributed by atoms with Crippen LogP contribution in [0.3, 0.4) is 0 Å². The summed E-state index contributed by atoms with van der Waals surface area (Å²) in [5.41, 5.74) is 2.52. The maximum atomic E-state index is 8.78. The normalized spacial score (nSPS) is 10.5. The van der Waals surface area contributed by atoms with Crippen molar-refractivity contribution in [1.29, 1.82) is 5.26 Å². The monoisotopic (exact) mass is 278 g/mol. The Balaban J connectivity index is 1.95. The van der Waals surface area contributed by atoms with Gasteiger partial charge in [0.25, 0.3) is 0 Å². The van der Waals surface area contributed by atoms with Crippen LogP contribution in [0.15, 0.2) is 54.7 Å². The fraction of sp³-hybridized carbons (Fsp3) is 0.222. The number of pyridine rings is 1. The predicted octanol–water partition coefficient (Wildman–Crippen LogP) is 4.36. The van der Waals surface area contributed by atoms with E-state index >= 15 is 0 Å². The van der Waals surface area contributed by atoms with Gasteiger partial charge in [-0.1, -0.05) is 31.2 Å². The first kappa shape index (κ1) is 14.8. The SMILES string of the molecule is CC/C=C\CCOc1ccc(-c2ccc(C#N)cc2)nc1. The molecule has 1 heterocycles. The van der Waals surface area contributed by atoms with Gasteiger partial charge in [-0.25, -0.2) is 0 Å². The minimum Gasteiger partial charge on any atom is -0.492 e. The fourth-order valence-corrected chi connectivity index (χ4v) is 1.88. The zero-order valence-corrected chi connectivity index (χ0v) is 12.1. The Morgan fingerprint density at radius 3 is 2.57 bits per heavy atom. The molecule has 0 unspecified atom stereocenters. The van der Waals surface area contributed by atoms with Crippen LogP contribution in [-0.4, -0.2) is 11.6 Å². The van der Waals surface area contributed by atoms with E-state index in [1.807, 2.05) is 24.3 Å². The highest BCUT2D eigenvalue weighted by Gasteiger charge is 2.00. The van der Waals surface area contributed by atoms with Crippen molar-refractivity contribution in [2.45, 2.75) is 19.8 Å². The van der Waals surface area contributed by atoms with Gasteiger partial charge >= 0.3 is 0 Å². The van der Waals surface area contributed by atoms with E-state index in [1.54, 1.807) is 18.3 Å². The van der Waals surface area contributed by atoms with Gasteiger partial charge in [-0.05, 0) is 37.1 Å². The average Bonchev–Trinajstić information content (AvgIpc) is 2.55. The van der Waals surface area contributed by atoms with E-state index in [0.717, 1.165) is 29.8 Å². The lowest BCUT2D eigenvalue weighted by Gasteiger charge is -2.05. The van der Waals surface area contributed by atoms with E-state index in [1.165, 1.54) is 0 Å². The molecule has 0 atom stereocenters. The molecule has 0 saturated heterocycles. The largest absolute Gasteiger partial charge is 0.492 e. The van der Waals surface area contributed by atoms with Crippen molar-refractivity contribution in [2.24, 2.45) is 0 Å². The van der Waals surface area contributed by atoms with Gasteiger partial charge in [0, 0.05) is 5.56 Å². The second kappa shape index (κ2) is 7.86. The number of benzene rings is 1. The van der Waals surface area contributed by atoms with Gasteiger partial charge in [-0.15, -0.1) is 0 Å². The third kappa shape index (κ3) is 4.47. The quantitative estimate of drug-likeness (QED) is 0.582. The highest BCUT2D eigenvalue weighted by Crippen LogP contribution is 2.20. The number of allylic oxidation sites excluding steroid dienone is 1. The number of ether oxygens (including phenoxy) is 1. The first-order valence-corrected chi connectivity index (χ1v) is 7.08. The molecule has 3 nitrogen and oxygen atoms in total. The van der Waals surface area contributed by atoms with Crippen LogP contribution < -0.4 is 4.74 Å². The molecule has 3 heteroatoms. The van der Waals surface area contributed by atoms with Gasteiger partial charge in [0.2, 0.25) is 0 Å². The van der Waals surface area contributed by atoms with Crippen molar-refractivity contribution in [3.63, 3.8) is 0 Å². The van der Waals surface area contributed by atoms with Crippen molar-refractivity contribution < 1.29 is 4.74 Å². The standard InChI is InChI=1S/C18H18N2O/c1-2-3-4-5-12-21-17-10-11-18(20-14-17)16-8-6-15(13-19)7-9-16/h3-4,6-11,14H,2,5,12H2,1H3/b4-3-. The molecule has 106 valence electrons. The third-order valence-electron chi connectivity index (χ3n) is 3.00. The second-order valence-corrected chi connectivity index (χ2v) is 4.59. The van der Waals surface area contributed by atoms with Gasteiger partial charge in [0.15, 0.2) is 0 Å². The van der Waals surface area contributed by atoms with Gasteiger partial charge in [0.05, 0.1) is 30.1 Å². The Morgan fingerprint density at radius 2 is 1.95 bits per heavy atom. The van der Waals surface area contributed by atoms with Crippen LogP contribution in [0.4, 0.5) is 0 Å². The van der Waals surface area contributed by atoms with Crippen molar-refractivity contribution >= 4 is 0 Å². The third-order valence-corrected chi connectivity index (χ3v) is 3.00. The minimum atomic E-state index is 0.652. The molecule has 2 rings (SSSR count). The fourth-order valence-electron chi connectivity index (χ4n) is 1.88. The van der Waals surface area contributed by atoms with E-state index in [0.29, 0.717) is 12.2 Å². The Hall–Kier alpha value is -2.60. The summed E-state index contributed by atoms with van der Waals surface area (Å²) >= 11 is 0. The molecule has 1 aromatic carbocycles. The first-order chi connectivity index (χ1) is 10.3. The van der Waals surface area contributed by atoms with Crippen molar-refractivity contribution in [3.8, 4) is 23.1 Å². The number of rotatable bonds is 6. The Labute approximate surface area is 125 Å². The number of nitrogens with zero attached hydrogens (tertiary/aromatic N) is 2. The lowest BCUT2D eigenvalue weighted by atomic mass is 10.1. The van der Waals surface area contributed by atoms with Crippen molar-refractivity contribution in [1.82, 2.24) is 4.98 Å². The molecule has 0 aliphatic rings. The molecule has 0 amide bonds. The van der Waals surface area contributed by atoms with E-state index in [-0.39, 0.29) is 0 Å². The van der Waals surface area contributed by atoms with Crippen LogP contribution in [0.2, 0.25) is 0 Å². The number of aromatic nitrogens is 1. The van der Waals surface area contributed by atoms with Gasteiger partial charge in [-0.2, -0.15) is 5.26 Å². The maximum absolute atomic E-state index is 8.78. The molecular formula is C18H18N2O. The molecule has 0 spiro atoms. The summed E-state index contributed by atoms with van der Waals surface area (Å²) in [7, 11) is 0. The maximum Gasteiger partial charge on any atom is 0.137 e. The van der Waals surface area contributed by atoms with Crippen LogP contribution in [0.25, 0.3) is 11.3 Å². The summed E-state index contributed by atoms with van der Waals surface area (Å²) in [6.45, 7) is 2.78. The predicted molar refractivity (Wildman–Crippen MR) is 83.9 cm³/mol. The molecule has 0 N–H and O–H groups in total. The number of nitriles is 1. The molecule has 1 aromatic heterocycles. The molecule has 21 heavy (non-hydrogen) atoms. The smallest absolute Gasteiger partial charge is 0.137 e. The van der Waals surface area contributed by atoms with Gasteiger partial charge in [-0.3, -0.25) is 4.98 Å².